The third kappa shape index (κ3) is 2.47. The molecule has 0 bridgehead atoms. The van der Waals surface area contributed by atoms with Crippen LogP contribution in [0.5, 0.6) is 0 Å². The molecule has 98 valence electrons. The lowest BCUT2D eigenvalue weighted by atomic mass is 9.87. The number of aliphatic hydroxyl groups is 1. The summed E-state index contributed by atoms with van der Waals surface area (Å²) in [6.07, 6.45) is 2.04. The highest BCUT2D eigenvalue weighted by atomic mass is 35.5. The molecule has 1 N–H and O–H groups in total. The number of fused-ring (bicyclic) bond motifs is 1. The summed E-state index contributed by atoms with van der Waals surface area (Å²) in [4.78, 5) is 23.9. The summed E-state index contributed by atoms with van der Waals surface area (Å²) in [7, 11) is 0. The van der Waals surface area contributed by atoms with Crippen molar-refractivity contribution in [3.63, 3.8) is 0 Å². The third-order valence-electron chi connectivity index (χ3n) is 2.96. The molecular weight excluding hydrogens is 264 g/mol. The van der Waals surface area contributed by atoms with Crippen molar-refractivity contribution in [3.05, 3.63) is 51.6 Å². The van der Waals surface area contributed by atoms with E-state index in [0.717, 1.165) is 5.57 Å². The lowest BCUT2D eigenvalue weighted by Gasteiger charge is -2.17. The Morgan fingerprint density at radius 2 is 1.89 bits per heavy atom. The van der Waals surface area contributed by atoms with E-state index < -0.39 is 11.6 Å². The molecule has 0 unspecified atom stereocenters. The predicted molar refractivity (Wildman–Crippen MR) is 74.4 cm³/mol. The van der Waals surface area contributed by atoms with Gasteiger partial charge in [0.05, 0.1) is 0 Å². The first-order chi connectivity index (χ1) is 8.91. The number of aliphatic hydroxyl groups excluding tert-OH is 1. The maximum Gasteiger partial charge on any atom is 0.234 e. The van der Waals surface area contributed by atoms with Gasteiger partial charge in [0.1, 0.15) is 5.76 Å². The predicted octanol–water partition coefficient (Wildman–Crippen LogP) is 3.73. The Bertz CT molecular complexity index is 635. The number of halogens is 1. The minimum atomic E-state index is -0.648. The van der Waals surface area contributed by atoms with Crippen molar-refractivity contribution < 1.29 is 14.7 Å². The molecule has 1 aliphatic carbocycles. The van der Waals surface area contributed by atoms with Gasteiger partial charge in [-0.2, -0.15) is 0 Å². The molecule has 1 aliphatic rings. The largest absolute Gasteiger partial charge is 0.507 e. The molecule has 0 aromatic heterocycles. The van der Waals surface area contributed by atoms with Gasteiger partial charge in [-0.05, 0) is 38.5 Å². The summed E-state index contributed by atoms with van der Waals surface area (Å²) < 4.78 is 0. The smallest absolute Gasteiger partial charge is 0.234 e. The van der Waals surface area contributed by atoms with E-state index in [1.807, 2.05) is 13.8 Å². The molecule has 0 aliphatic heterocycles. The van der Waals surface area contributed by atoms with E-state index in [1.165, 1.54) is 18.2 Å². The van der Waals surface area contributed by atoms with Gasteiger partial charge in [-0.1, -0.05) is 23.3 Å². The van der Waals surface area contributed by atoms with E-state index in [9.17, 15) is 14.7 Å². The number of hydrogen-bond donors (Lipinski definition) is 1. The van der Waals surface area contributed by atoms with Crippen LogP contribution >= 0.6 is 11.6 Å². The Kier molecular flexibility index (Phi) is 3.58. The molecule has 1 aromatic carbocycles. The minimum absolute atomic E-state index is 0.126. The average Bonchev–Trinajstić information content (AvgIpc) is 2.35. The van der Waals surface area contributed by atoms with Gasteiger partial charge in [-0.3, -0.25) is 9.59 Å². The van der Waals surface area contributed by atoms with Crippen LogP contribution in [0.3, 0.4) is 0 Å². The van der Waals surface area contributed by atoms with E-state index in [1.54, 1.807) is 6.08 Å². The fourth-order valence-electron chi connectivity index (χ4n) is 1.94. The van der Waals surface area contributed by atoms with Crippen LogP contribution in [0.4, 0.5) is 0 Å². The number of allylic oxidation sites excluding steroid dienone is 3. The van der Waals surface area contributed by atoms with Gasteiger partial charge in [-0.15, -0.1) is 0 Å². The molecule has 0 atom stereocenters. The van der Waals surface area contributed by atoms with Gasteiger partial charge in [-0.25, -0.2) is 0 Å². The maximum absolute atomic E-state index is 12.0. The normalized spacial score (nSPS) is 14.5. The van der Waals surface area contributed by atoms with Crippen molar-refractivity contribution in [2.24, 2.45) is 0 Å². The molecule has 0 amide bonds. The number of carbonyl (C=O) groups is 2. The van der Waals surface area contributed by atoms with Crippen LogP contribution in [0.2, 0.25) is 5.02 Å². The van der Waals surface area contributed by atoms with Gasteiger partial charge >= 0.3 is 0 Å². The SMILES string of the molecule is CC(C)=CCC1=C(O)c2cc(Cl)ccc2C(=O)C1=O. The highest BCUT2D eigenvalue weighted by molar-refractivity contribution is 6.52. The first-order valence-electron chi connectivity index (χ1n) is 5.86. The number of hydrogen-bond acceptors (Lipinski definition) is 3. The topological polar surface area (TPSA) is 54.4 Å². The molecule has 19 heavy (non-hydrogen) atoms. The Balaban J connectivity index is 2.59. The average molecular weight is 277 g/mol. The van der Waals surface area contributed by atoms with Gasteiger partial charge in [0.15, 0.2) is 0 Å². The molecule has 0 heterocycles. The Morgan fingerprint density at radius 1 is 1.21 bits per heavy atom. The first kappa shape index (κ1) is 13.6. The zero-order chi connectivity index (χ0) is 14.2. The molecule has 4 heteroatoms. The summed E-state index contributed by atoms with van der Waals surface area (Å²) in [5.74, 6) is -1.40. The first-order valence-corrected chi connectivity index (χ1v) is 6.24. The molecule has 0 saturated heterocycles. The fraction of sp³-hybridized carbons (Fsp3) is 0.200. The van der Waals surface area contributed by atoms with Crippen LogP contribution in [-0.2, 0) is 4.79 Å². The van der Waals surface area contributed by atoms with Crippen molar-refractivity contribution in [2.75, 3.05) is 0 Å². The summed E-state index contributed by atoms with van der Waals surface area (Å²) >= 11 is 5.86. The fourth-order valence-corrected chi connectivity index (χ4v) is 2.11. The van der Waals surface area contributed by atoms with Crippen LogP contribution in [0, 0.1) is 0 Å². The number of benzene rings is 1. The van der Waals surface area contributed by atoms with Crippen LogP contribution in [0.15, 0.2) is 35.4 Å². The van der Waals surface area contributed by atoms with Gasteiger partial charge < -0.3 is 5.11 Å². The molecule has 0 spiro atoms. The van der Waals surface area contributed by atoms with Crippen molar-refractivity contribution in [2.45, 2.75) is 20.3 Å². The van der Waals surface area contributed by atoms with E-state index in [2.05, 4.69) is 0 Å². The van der Waals surface area contributed by atoms with Crippen molar-refractivity contribution in [1.29, 1.82) is 0 Å². The summed E-state index contributed by atoms with van der Waals surface area (Å²) in [5, 5.41) is 10.6. The van der Waals surface area contributed by atoms with E-state index in [4.69, 9.17) is 11.6 Å². The third-order valence-corrected chi connectivity index (χ3v) is 3.20. The molecule has 0 saturated carbocycles. The van der Waals surface area contributed by atoms with Gasteiger partial charge in [0, 0.05) is 21.7 Å². The molecule has 2 rings (SSSR count). The molecule has 1 aromatic rings. The number of Topliss-reactive ketones (excluding diaryl/α,β-unsaturated/α-hetero) is 2. The Morgan fingerprint density at radius 3 is 2.53 bits per heavy atom. The second-order valence-corrected chi connectivity index (χ2v) is 5.10. The van der Waals surface area contributed by atoms with Crippen molar-refractivity contribution >= 4 is 28.9 Å². The summed E-state index contributed by atoms with van der Waals surface area (Å²) in [5.41, 5.74) is 1.67. The van der Waals surface area contributed by atoms with Gasteiger partial charge in [0.2, 0.25) is 11.6 Å². The second-order valence-electron chi connectivity index (χ2n) is 4.66. The molecule has 0 fully saturated rings. The minimum Gasteiger partial charge on any atom is -0.507 e. The lowest BCUT2D eigenvalue weighted by Crippen LogP contribution is -2.23. The zero-order valence-corrected chi connectivity index (χ0v) is 11.4. The van der Waals surface area contributed by atoms with E-state index >= 15 is 0 Å². The summed E-state index contributed by atoms with van der Waals surface area (Å²) in [6, 6.07) is 4.49. The van der Waals surface area contributed by atoms with Crippen LogP contribution in [-0.4, -0.2) is 16.7 Å². The van der Waals surface area contributed by atoms with E-state index in [0.29, 0.717) is 10.6 Å². The Hall–Kier alpha value is -1.87. The molecule has 0 radical (unpaired) electrons. The summed E-state index contributed by atoms with van der Waals surface area (Å²) in [6.45, 7) is 3.77. The number of carbonyl (C=O) groups excluding carboxylic acids is 2. The Labute approximate surface area is 116 Å². The van der Waals surface area contributed by atoms with Crippen molar-refractivity contribution in [1.82, 2.24) is 0 Å². The van der Waals surface area contributed by atoms with Crippen LogP contribution in [0.1, 0.15) is 36.2 Å². The van der Waals surface area contributed by atoms with Crippen LogP contribution in [0.25, 0.3) is 5.76 Å². The quantitative estimate of drug-likeness (QED) is 0.661. The molecular formula is C15H13ClO3. The highest BCUT2D eigenvalue weighted by Gasteiger charge is 2.32. The lowest BCUT2D eigenvalue weighted by molar-refractivity contribution is -0.112. The van der Waals surface area contributed by atoms with E-state index in [-0.39, 0.29) is 23.3 Å². The number of ketones is 2. The second kappa shape index (κ2) is 5.02. The van der Waals surface area contributed by atoms with Gasteiger partial charge in [0.25, 0.3) is 0 Å². The van der Waals surface area contributed by atoms with Crippen LogP contribution < -0.4 is 0 Å². The zero-order valence-electron chi connectivity index (χ0n) is 10.7. The number of rotatable bonds is 2. The standard InChI is InChI=1S/C15H13ClO3/c1-8(2)3-5-11-13(17)12-7-9(16)4-6-10(12)14(18)15(11)19/h3-4,6-7,17H,5H2,1-2H3. The maximum atomic E-state index is 12.0. The molecule has 3 nitrogen and oxygen atoms in total. The van der Waals surface area contributed by atoms with Crippen molar-refractivity contribution in [3.8, 4) is 0 Å². The monoisotopic (exact) mass is 276 g/mol. The highest BCUT2D eigenvalue weighted by Crippen LogP contribution is 2.31.